The van der Waals surface area contributed by atoms with E-state index in [0.717, 1.165) is 37.2 Å². The van der Waals surface area contributed by atoms with Gasteiger partial charge in [0.15, 0.2) is 0 Å². The number of hydrogen-bond donors (Lipinski definition) is 1. The molecule has 1 saturated heterocycles. The average molecular weight is 235 g/mol. The zero-order valence-electron chi connectivity index (χ0n) is 10.6. The largest absolute Gasteiger partial charge is 0.490 e. The molecule has 0 bridgehead atoms. The summed E-state index contributed by atoms with van der Waals surface area (Å²) < 4.78 is 5.96. The maximum absolute atomic E-state index is 9.53. The number of hydrogen-bond acceptors (Lipinski definition) is 3. The van der Waals surface area contributed by atoms with Crippen LogP contribution in [0.25, 0.3) is 0 Å². The van der Waals surface area contributed by atoms with Crippen LogP contribution in [0.3, 0.4) is 0 Å². The van der Waals surface area contributed by atoms with Gasteiger partial charge < -0.3 is 14.7 Å². The maximum Gasteiger partial charge on any atom is 0.120 e. The zero-order valence-corrected chi connectivity index (χ0v) is 10.6. The van der Waals surface area contributed by atoms with Crippen molar-refractivity contribution < 1.29 is 9.84 Å². The van der Waals surface area contributed by atoms with Gasteiger partial charge in [0, 0.05) is 13.1 Å². The van der Waals surface area contributed by atoms with Gasteiger partial charge in [-0.1, -0.05) is 12.1 Å². The van der Waals surface area contributed by atoms with E-state index >= 15 is 0 Å². The minimum absolute atomic E-state index is 0.315. The summed E-state index contributed by atoms with van der Waals surface area (Å²) in [6.07, 6.45) is 2.04. The second-order valence-corrected chi connectivity index (χ2v) is 4.87. The van der Waals surface area contributed by atoms with Gasteiger partial charge in [0.2, 0.25) is 0 Å². The van der Waals surface area contributed by atoms with Gasteiger partial charge in [0.1, 0.15) is 11.9 Å². The van der Waals surface area contributed by atoms with E-state index in [9.17, 15) is 5.11 Å². The van der Waals surface area contributed by atoms with Gasteiger partial charge in [-0.3, -0.25) is 0 Å². The molecule has 3 heteroatoms. The first kappa shape index (κ1) is 12.4. The number of benzene rings is 1. The van der Waals surface area contributed by atoms with Gasteiger partial charge in [0.25, 0.3) is 0 Å². The van der Waals surface area contributed by atoms with Gasteiger partial charge in [-0.05, 0) is 44.5 Å². The second-order valence-electron chi connectivity index (χ2n) is 4.87. The fourth-order valence-electron chi connectivity index (χ4n) is 2.14. The summed E-state index contributed by atoms with van der Waals surface area (Å²) in [5.74, 6) is 0.873. The van der Waals surface area contributed by atoms with E-state index in [-0.39, 0.29) is 0 Å². The Bertz CT molecular complexity index is 357. The second kappa shape index (κ2) is 5.52. The highest BCUT2D eigenvalue weighted by Crippen LogP contribution is 2.22. The molecule has 0 saturated carbocycles. The highest BCUT2D eigenvalue weighted by atomic mass is 16.5. The van der Waals surface area contributed by atoms with E-state index in [0.29, 0.717) is 6.10 Å². The monoisotopic (exact) mass is 235 g/mol. The van der Waals surface area contributed by atoms with E-state index in [1.807, 2.05) is 24.3 Å². The van der Waals surface area contributed by atoms with E-state index in [1.165, 1.54) is 0 Å². The van der Waals surface area contributed by atoms with E-state index < -0.39 is 6.10 Å². The predicted molar refractivity (Wildman–Crippen MR) is 68.2 cm³/mol. The van der Waals surface area contributed by atoms with Gasteiger partial charge in [-0.15, -0.1) is 0 Å². The third kappa shape index (κ3) is 3.45. The Balaban J connectivity index is 1.96. The van der Waals surface area contributed by atoms with E-state index in [2.05, 4.69) is 11.9 Å². The first-order valence-corrected chi connectivity index (χ1v) is 6.28. The molecule has 0 radical (unpaired) electrons. The lowest BCUT2D eigenvalue weighted by molar-refractivity contribution is 0.114. The Morgan fingerprint density at radius 1 is 1.35 bits per heavy atom. The molecule has 1 N–H and O–H groups in total. The van der Waals surface area contributed by atoms with Crippen LogP contribution in [0.1, 0.15) is 31.4 Å². The summed E-state index contributed by atoms with van der Waals surface area (Å²) in [7, 11) is 2.14. The Morgan fingerprint density at radius 3 is 2.71 bits per heavy atom. The van der Waals surface area contributed by atoms with Crippen molar-refractivity contribution in [3.63, 3.8) is 0 Å². The lowest BCUT2D eigenvalue weighted by Gasteiger charge is -2.29. The molecule has 1 aliphatic heterocycles. The molecule has 1 aliphatic rings. The molecule has 1 unspecified atom stereocenters. The quantitative estimate of drug-likeness (QED) is 0.872. The number of aliphatic hydroxyl groups is 1. The third-order valence-electron chi connectivity index (χ3n) is 3.31. The van der Waals surface area contributed by atoms with Crippen molar-refractivity contribution in [2.75, 3.05) is 20.1 Å². The topological polar surface area (TPSA) is 32.7 Å². The van der Waals surface area contributed by atoms with Crippen molar-refractivity contribution in [2.45, 2.75) is 32.0 Å². The van der Waals surface area contributed by atoms with Gasteiger partial charge >= 0.3 is 0 Å². The smallest absolute Gasteiger partial charge is 0.120 e. The molecule has 1 fully saturated rings. The number of likely N-dealkylation sites (tertiary alicyclic amines) is 1. The molecule has 0 aromatic heterocycles. The molecule has 0 amide bonds. The van der Waals surface area contributed by atoms with Crippen molar-refractivity contribution in [3.05, 3.63) is 29.8 Å². The van der Waals surface area contributed by atoms with E-state index in [1.54, 1.807) is 6.92 Å². The summed E-state index contributed by atoms with van der Waals surface area (Å²) in [5, 5.41) is 9.53. The van der Waals surface area contributed by atoms with Crippen molar-refractivity contribution in [2.24, 2.45) is 0 Å². The Hall–Kier alpha value is -1.06. The summed E-state index contributed by atoms with van der Waals surface area (Å²) in [4.78, 5) is 2.33. The predicted octanol–water partition coefficient (Wildman–Crippen LogP) is 2.21. The van der Waals surface area contributed by atoms with Crippen molar-refractivity contribution in [3.8, 4) is 5.75 Å². The van der Waals surface area contributed by atoms with Crippen molar-refractivity contribution in [1.82, 2.24) is 4.90 Å². The molecule has 17 heavy (non-hydrogen) atoms. The van der Waals surface area contributed by atoms with Crippen LogP contribution in [0.4, 0.5) is 0 Å². The molecule has 1 heterocycles. The van der Waals surface area contributed by atoms with Crippen LogP contribution in [0.2, 0.25) is 0 Å². The van der Waals surface area contributed by atoms with Gasteiger partial charge in [0.05, 0.1) is 6.10 Å². The Morgan fingerprint density at radius 2 is 2.06 bits per heavy atom. The molecular formula is C14H21NO2. The summed E-state index contributed by atoms with van der Waals surface area (Å²) in [5.41, 5.74) is 0.912. The first-order valence-electron chi connectivity index (χ1n) is 6.28. The molecule has 1 aromatic rings. The van der Waals surface area contributed by atoms with Crippen LogP contribution in [-0.2, 0) is 0 Å². The average Bonchev–Trinajstić information content (AvgIpc) is 2.32. The minimum atomic E-state index is -0.434. The molecule has 1 aromatic carbocycles. The number of piperidine rings is 1. The number of aliphatic hydroxyl groups excluding tert-OH is 1. The number of ether oxygens (including phenoxy) is 1. The summed E-state index contributed by atoms with van der Waals surface area (Å²) >= 11 is 0. The van der Waals surface area contributed by atoms with Crippen LogP contribution in [-0.4, -0.2) is 36.2 Å². The van der Waals surface area contributed by atoms with Crippen LogP contribution in [0.15, 0.2) is 24.3 Å². The first-order chi connectivity index (χ1) is 8.15. The van der Waals surface area contributed by atoms with Gasteiger partial charge in [-0.2, -0.15) is 0 Å². The molecule has 2 rings (SSSR count). The normalized spacial score (nSPS) is 20.2. The van der Waals surface area contributed by atoms with Crippen LogP contribution in [0.5, 0.6) is 5.75 Å². The standard InChI is InChI=1S/C14H21NO2/c1-11(16)12-4-3-5-14(10-12)17-13-6-8-15(2)9-7-13/h3-5,10-11,13,16H,6-9H2,1-2H3. The van der Waals surface area contributed by atoms with Crippen LogP contribution in [0, 0.1) is 0 Å². The molecule has 0 spiro atoms. The lowest BCUT2D eigenvalue weighted by Crippen LogP contribution is -2.35. The van der Waals surface area contributed by atoms with E-state index in [4.69, 9.17) is 4.74 Å². The molecule has 3 nitrogen and oxygen atoms in total. The fraction of sp³-hybridized carbons (Fsp3) is 0.571. The SMILES string of the molecule is CC(O)c1cccc(OC2CCN(C)CC2)c1. The number of nitrogens with zero attached hydrogens (tertiary/aromatic N) is 1. The van der Waals surface area contributed by atoms with Gasteiger partial charge in [-0.25, -0.2) is 0 Å². The maximum atomic E-state index is 9.53. The Labute approximate surface area is 103 Å². The fourth-order valence-corrected chi connectivity index (χ4v) is 2.14. The molecular weight excluding hydrogens is 214 g/mol. The van der Waals surface area contributed by atoms with Crippen LogP contribution < -0.4 is 4.74 Å². The third-order valence-corrected chi connectivity index (χ3v) is 3.31. The summed E-state index contributed by atoms with van der Waals surface area (Å²) in [6, 6.07) is 7.76. The zero-order chi connectivity index (χ0) is 12.3. The van der Waals surface area contributed by atoms with Crippen molar-refractivity contribution >= 4 is 0 Å². The highest BCUT2D eigenvalue weighted by molar-refractivity contribution is 5.29. The lowest BCUT2D eigenvalue weighted by atomic mass is 10.1. The summed E-state index contributed by atoms with van der Waals surface area (Å²) in [6.45, 7) is 3.97. The minimum Gasteiger partial charge on any atom is -0.490 e. The number of rotatable bonds is 3. The highest BCUT2D eigenvalue weighted by Gasteiger charge is 2.18. The Kier molecular flexibility index (Phi) is 4.02. The molecule has 94 valence electrons. The van der Waals surface area contributed by atoms with Crippen molar-refractivity contribution in [1.29, 1.82) is 0 Å². The van der Waals surface area contributed by atoms with Crippen LogP contribution >= 0.6 is 0 Å². The molecule has 1 atom stereocenters. The molecule has 0 aliphatic carbocycles.